The topological polar surface area (TPSA) is 49.4 Å². The summed E-state index contributed by atoms with van der Waals surface area (Å²) in [5.41, 5.74) is -4.27. The molecule has 0 atom stereocenters. The van der Waals surface area contributed by atoms with Crippen molar-refractivity contribution in [2.75, 3.05) is 18.4 Å². The van der Waals surface area contributed by atoms with E-state index in [1.54, 1.807) is 20.8 Å². The van der Waals surface area contributed by atoms with E-state index in [0.29, 0.717) is 15.5 Å². The van der Waals surface area contributed by atoms with Gasteiger partial charge in [0.1, 0.15) is 0 Å². The van der Waals surface area contributed by atoms with Crippen molar-refractivity contribution in [1.82, 2.24) is 4.90 Å². The number of anilines is 1. The van der Waals surface area contributed by atoms with Crippen LogP contribution in [0, 0.1) is 17.8 Å². The molecule has 1 N–H and O–H groups in total. The largest absolute Gasteiger partial charge is 0.404 e. The molecule has 0 aromatic carbocycles. The molecule has 1 aliphatic rings. The predicted molar refractivity (Wildman–Crippen MR) is 92.2 cm³/mol. The van der Waals surface area contributed by atoms with E-state index in [0.717, 1.165) is 11.3 Å². The van der Waals surface area contributed by atoms with E-state index in [2.05, 4.69) is 5.32 Å². The molecule has 0 spiro atoms. The first-order chi connectivity index (χ1) is 12.5. The number of rotatable bonds is 2. The Labute approximate surface area is 161 Å². The molecule has 4 nitrogen and oxygen atoms in total. The fraction of sp³-hybridized carbons (Fsp3) is 0.647. The van der Waals surface area contributed by atoms with Crippen molar-refractivity contribution in [2.45, 2.75) is 46.5 Å². The molecular formula is C17H20F6N2O2S. The number of nitrogens with one attached hydrogen (secondary N) is 1. The van der Waals surface area contributed by atoms with Crippen LogP contribution in [0.15, 0.2) is 6.07 Å². The van der Waals surface area contributed by atoms with E-state index in [-0.39, 0.29) is 10.8 Å². The normalized spacial score (nSPS) is 17.7. The number of aryl methyl sites for hydroxylation is 1. The Morgan fingerprint density at radius 2 is 1.64 bits per heavy atom. The minimum atomic E-state index is -5.52. The molecular weight excluding hydrogens is 410 g/mol. The number of halogens is 6. The fourth-order valence-corrected chi connectivity index (χ4v) is 3.84. The number of alkyl halides is 6. The van der Waals surface area contributed by atoms with Gasteiger partial charge >= 0.3 is 12.4 Å². The Morgan fingerprint density at radius 3 is 2.07 bits per heavy atom. The SMILES string of the molecule is Cc1cc(NC(=O)C(C)(C)C)sc1C(=O)N1CCC(C(F)(F)F)(C(F)(F)F)C1. The van der Waals surface area contributed by atoms with E-state index in [1.165, 1.54) is 13.0 Å². The third-order valence-electron chi connectivity index (χ3n) is 4.67. The summed E-state index contributed by atoms with van der Waals surface area (Å²) in [6.07, 6.45) is -12.3. The molecule has 2 heterocycles. The van der Waals surface area contributed by atoms with Gasteiger partial charge < -0.3 is 10.2 Å². The molecule has 1 fully saturated rings. The molecule has 0 bridgehead atoms. The number of carbonyl (C=O) groups excluding carboxylic acids is 2. The van der Waals surface area contributed by atoms with Crippen LogP contribution in [0.1, 0.15) is 42.4 Å². The predicted octanol–water partition coefficient (Wildman–Crippen LogP) is 5.00. The van der Waals surface area contributed by atoms with Crippen LogP contribution in [0.2, 0.25) is 0 Å². The summed E-state index contributed by atoms with van der Waals surface area (Å²) in [6, 6.07) is 1.47. The maximum absolute atomic E-state index is 13.2. The number of hydrogen-bond donors (Lipinski definition) is 1. The Morgan fingerprint density at radius 1 is 1.11 bits per heavy atom. The first-order valence-corrected chi connectivity index (χ1v) is 9.16. The zero-order chi connectivity index (χ0) is 21.7. The average molecular weight is 430 g/mol. The van der Waals surface area contributed by atoms with Gasteiger partial charge in [0.2, 0.25) is 5.91 Å². The van der Waals surface area contributed by atoms with E-state index < -0.39 is 48.6 Å². The van der Waals surface area contributed by atoms with Gasteiger partial charge in [-0.3, -0.25) is 9.59 Å². The first kappa shape index (κ1) is 22.5. The van der Waals surface area contributed by atoms with Crippen LogP contribution in [0.25, 0.3) is 0 Å². The van der Waals surface area contributed by atoms with Crippen molar-refractivity contribution < 1.29 is 35.9 Å². The molecule has 28 heavy (non-hydrogen) atoms. The van der Waals surface area contributed by atoms with Crippen molar-refractivity contribution in [3.8, 4) is 0 Å². The van der Waals surface area contributed by atoms with Crippen molar-refractivity contribution >= 4 is 28.2 Å². The van der Waals surface area contributed by atoms with Crippen LogP contribution in [0.4, 0.5) is 31.3 Å². The van der Waals surface area contributed by atoms with Crippen LogP contribution in [0.5, 0.6) is 0 Å². The fourth-order valence-electron chi connectivity index (χ4n) is 2.81. The van der Waals surface area contributed by atoms with E-state index >= 15 is 0 Å². The maximum atomic E-state index is 13.2. The zero-order valence-electron chi connectivity index (χ0n) is 15.6. The minimum absolute atomic E-state index is 0.00404. The lowest BCUT2D eigenvalue weighted by Crippen LogP contribution is -2.52. The number of carbonyl (C=O) groups is 2. The van der Waals surface area contributed by atoms with Gasteiger partial charge in [-0.2, -0.15) is 26.3 Å². The summed E-state index contributed by atoms with van der Waals surface area (Å²) < 4.78 is 79.1. The van der Waals surface area contributed by atoms with Gasteiger partial charge in [0.15, 0.2) is 5.41 Å². The smallest absolute Gasteiger partial charge is 0.337 e. The highest BCUT2D eigenvalue weighted by Gasteiger charge is 2.72. The lowest BCUT2D eigenvalue weighted by molar-refractivity contribution is -0.334. The minimum Gasteiger partial charge on any atom is -0.337 e. The number of hydrogen-bond acceptors (Lipinski definition) is 3. The second-order valence-corrected chi connectivity index (χ2v) is 8.93. The van der Waals surface area contributed by atoms with Crippen LogP contribution >= 0.6 is 11.3 Å². The quantitative estimate of drug-likeness (QED) is 0.672. The molecule has 0 unspecified atom stereocenters. The average Bonchev–Trinajstić information content (AvgIpc) is 3.09. The summed E-state index contributed by atoms with van der Waals surface area (Å²) in [4.78, 5) is 25.2. The van der Waals surface area contributed by atoms with Gasteiger partial charge in [0, 0.05) is 18.5 Å². The Hall–Kier alpha value is -1.78. The third kappa shape index (κ3) is 3.99. The molecule has 1 saturated heterocycles. The lowest BCUT2D eigenvalue weighted by Gasteiger charge is -2.33. The van der Waals surface area contributed by atoms with Crippen LogP contribution in [-0.4, -0.2) is 42.2 Å². The van der Waals surface area contributed by atoms with E-state index in [1.807, 2.05) is 0 Å². The summed E-state index contributed by atoms with van der Waals surface area (Å²) >= 11 is 0.828. The van der Waals surface area contributed by atoms with Gasteiger partial charge in [0.05, 0.1) is 9.88 Å². The van der Waals surface area contributed by atoms with E-state index in [4.69, 9.17) is 0 Å². The summed E-state index contributed by atoms with van der Waals surface area (Å²) in [7, 11) is 0. The standard InChI is InChI=1S/C17H20F6N2O2S/c1-9-7-10(24-13(27)14(2,3)4)28-11(9)12(26)25-6-5-15(8-25,16(18,19)20)17(21,22)23/h7H,5-6,8H2,1-4H3,(H,24,27). The maximum Gasteiger partial charge on any atom is 0.404 e. The van der Waals surface area contributed by atoms with E-state index in [9.17, 15) is 35.9 Å². The number of likely N-dealkylation sites (tertiary alicyclic amines) is 1. The van der Waals surface area contributed by atoms with Gasteiger partial charge in [-0.25, -0.2) is 0 Å². The Bertz CT molecular complexity index is 762. The molecule has 1 aliphatic heterocycles. The molecule has 0 aliphatic carbocycles. The van der Waals surface area contributed by atoms with Gasteiger partial charge in [0.25, 0.3) is 5.91 Å². The third-order valence-corrected chi connectivity index (χ3v) is 5.81. The Balaban J connectivity index is 2.25. The molecule has 11 heteroatoms. The molecule has 0 saturated carbocycles. The molecule has 158 valence electrons. The van der Waals surface area contributed by atoms with Gasteiger partial charge in [-0.15, -0.1) is 11.3 Å². The van der Waals surface area contributed by atoms with Crippen molar-refractivity contribution in [3.63, 3.8) is 0 Å². The zero-order valence-corrected chi connectivity index (χ0v) is 16.5. The lowest BCUT2D eigenvalue weighted by atomic mass is 9.85. The molecule has 0 radical (unpaired) electrons. The molecule has 2 amide bonds. The second kappa shape index (κ2) is 6.93. The number of nitrogens with zero attached hydrogens (tertiary/aromatic N) is 1. The Kier molecular flexibility index (Phi) is 5.57. The number of amides is 2. The van der Waals surface area contributed by atoms with Crippen molar-refractivity contribution in [2.24, 2.45) is 10.8 Å². The number of thiophene rings is 1. The van der Waals surface area contributed by atoms with Crippen molar-refractivity contribution in [1.29, 1.82) is 0 Å². The monoisotopic (exact) mass is 430 g/mol. The first-order valence-electron chi connectivity index (χ1n) is 8.34. The highest BCUT2D eigenvalue weighted by Crippen LogP contribution is 2.55. The summed E-state index contributed by atoms with van der Waals surface area (Å²) in [6.45, 7) is 4.40. The van der Waals surface area contributed by atoms with Crippen LogP contribution in [-0.2, 0) is 4.79 Å². The van der Waals surface area contributed by atoms with Crippen LogP contribution < -0.4 is 5.32 Å². The summed E-state index contributed by atoms with van der Waals surface area (Å²) in [5, 5.41) is 2.91. The van der Waals surface area contributed by atoms with Crippen LogP contribution in [0.3, 0.4) is 0 Å². The molecule has 1 aromatic rings. The summed E-state index contributed by atoms with van der Waals surface area (Å²) in [5.74, 6) is -1.24. The van der Waals surface area contributed by atoms with Gasteiger partial charge in [-0.1, -0.05) is 20.8 Å². The molecule has 2 rings (SSSR count). The highest BCUT2D eigenvalue weighted by atomic mass is 32.1. The highest BCUT2D eigenvalue weighted by molar-refractivity contribution is 7.18. The molecule has 1 aromatic heterocycles. The van der Waals surface area contributed by atoms with Crippen molar-refractivity contribution in [3.05, 3.63) is 16.5 Å². The second-order valence-electron chi connectivity index (χ2n) is 7.88. The van der Waals surface area contributed by atoms with Gasteiger partial charge in [-0.05, 0) is 25.0 Å².